The van der Waals surface area contributed by atoms with E-state index in [1.54, 1.807) is 0 Å². The van der Waals surface area contributed by atoms with Gasteiger partial charge >= 0.3 is 0 Å². The minimum atomic E-state index is 0.397. The first kappa shape index (κ1) is 15.1. The van der Waals surface area contributed by atoms with E-state index >= 15 is 0 Å². The van der Waals surface area contributed by atoms with E-state index in [1.807, 2.05) is 0 Å². The van der Waals surface area contributed by atoms with Gasteiger partial charge in [-0.15, -0.1) is 0 Å². The van der Waals surface area contributed by atoms with E-state index in [-0.39, 0.29) is 0 Å². The Morgan fingerprint density at radius 1 is 1.05 bits per heavy atom. The number of fused-ring (bicyclic) bond motifs is 1. The summed E-state index contributed by atoms with van der Waals surface area (Å²) in [6, 6.07) is 10.9. The fraction of sp³-hybridized carbons (Fsp3) is 0.429. The van der Waals surface area contributed by atoms with E-state index in [0.717, 1.165) is 11.3 Å². The molecule has 22 heavy (non-hydrogen) atoms. The van der Waals surface area contributed by atoms with Gasteiger partial charge in [0.1, 0.15) is 5.75 Å². The molecule has 1 nitrogen and oxygen atoms in total. The van der Waals surface area contributed by atoms with Gasteiger partial charge in [0.2, 0.25) is 0 Å². The van der Waals surface area contributed by atoms with Gasteiger partial charge in [0.25, 0.3) is 0 Å². The molecule has 1 fully saturated rings. The Bertz CT molecular complexity index is 676. The lowest BCUT2D eigenvalue weighted by Gasteiger charge is -2.19. The van der Waals surface area contributed by atoms with E-state index in [0.29, 0.717) is 6.10 Å². The minimum Gasteiger partial charge on any atom is -0.490 e. The molecule has 0 aromatic heterocycles. The second kappa shape index (κ2) is 6.56. The fourth-order valence-corrected chi connectivity index (χ4v) is 3.40. The van der Waals surface area contributed by atoms with Crippen LogP contribution in [0.15, 0.2) is 36.9 Å². The molecule has 116 valence electrons. The zero-order chi connectivity index (χ0) is 15.5. The number of aryl methyl sites for hydroxylation is 1. The highest BCUT2D eigenvalue weighted by Gasteiger charge is 2.15. The van der Waals surface area contributed by atoms with Crippen molar-refractivity contribution >= 4 is 16.3 Å². The summed E-state index contributed by atoms with van der Waals surface area (Å²) in [4.78, 5) is 0. The molecule has 0 spiro atoms. The Morgan fingerprint density at radius 2 is 1.77 bits per heavy atom. The van der Waals surface area contributed by atoms with E-state index < -0.39 is 0 Å². The second-order valence-corrected chi connectivity index (χ2v) is 6.64. The van der Waals surface area contributed by atoms with Crippen molar-refractivity contribution in [2.75, 3.05) is 0 Å². The topological polar surface area (TPSA) is 9.23 Å². The van der Waals surface area contributed by atoms with Crippen LogP contribution in [0.5, 0.6) is 5.75 Å². The molecule has 0 unspecified atom stereocenters. The molecule has 0 aliphatic heterocycles. The molecule has 0 heterocycles. The average molecular weight is 294 g/mol. The normalized spacial score (nSPS) is 16.5. The number of ether oxygens (including phenoxy) is 1. The van der Waals surface area contributed by atoms with Gasteiger partial charge in [-0.25, -0.2) is 0 Å². The average Bonchev–Trinajstić information content (AvgIpc) is 2.78. The molecule has 3 rings (SSSR count). The van der Waals surface area contributed by atoms with Crippen molar-refractivity contribution in [3.05, 3.63) is 48.0 Å². The highest BCUT2D eigenvalue weighted by atomic mass is 16.5. The zero-order valence-electron chi connectivity index (χ0n) is 13.8. The summed E-state index contributed by atoms with van der Waals surface area (Å²) in [6.07, 6.45) is 8.13. The van der Waals surface area contributed by atoms with Crippen molar-refractivity contribution < 1.29 is 4.74 Å². The first-order chi connectivity index (χ1) is 10.6. The summed E-state index contributed by atoms with van der Waals surface area (Å²) in [6.45, 7) is 8.26. The summed E-state index contributed by atoms with van der Waals surface area (Å²) in [5.74, 6) is 1.06. The first-order valence-corrected chi connectivity index (χ1v) is 8.51. The van der Waals surface area contributed by atoms with Crippen molar-refractivity contribution in [3.8, 4) is 5.75 Å². The van der Waals surface area contributed by atoms with Crippen LogP contribution in [-0.4, -0.2) is 6.10 Å². The van der Waals surface area contributed by atoms with E-state index in [9.17, 15) is 0 Å². The summed E-state index contributed by atoms with van der Waals surface area (Å²) >= 11 is 0. The van der Waals surface area contributed by atoms with Crippen molar-refractivity contribution in [1.29, 1.82) is 0 Å². The van der Waals surface area contributed by atoms with Crippen LogP contribution < -0.4 is 4.74 Å². The predicted molar refractivity (Wildman–Crippen MR) is 95.5 cm³/mol. The van der Waals surface area contributed by atoms with Gasteiger partial charge in [0.05, 0.1) is 6.10 Å². The molecule has 1 saturated carbocycles. The molecule has 1 heteroatoms. The highest BCUT2D eigenvalue weighted by molar-refractivity contribution is 5.90. The second-order valence-electron chi connectivity index (χ2n) is 6.64. The molecule has 0 atom stereocenters. The van der Waals surface area contributed by atoms with E-state index in [2.05, 4.69) is 50.8 Å². The third-order valence-corrected chi connectivity index (χ3v) is 4.83. The molecule has 0 N–H and O–H groups in total. The Hall–Kier alpha value is -1.76. The van der Waals surface area contributed by atoms with Crippen LogP contribution in [0, 0.1) is 6.92 Å². The van der Waals surface area contributed by atoms with Crippen molar-refractivity contribution in [3.63, 3.8) is 0 Å². The minimum absolute atomic E-state index is 0.397. The summed E-state index contributed by atoms with van der Waals surface area (Å²) in [5.41, 5.74) is 3.58. The predicted octanol–water partition coefficient (Wildman–Crippen LogP) is 6.28. The molecule has 0 saturated heterocycles. The molecular formula is C21H26O. The van der Waals surface area contributed by atoms with Crippen LogP contribution in [0.3, 0.4) is 0 Å². The third kappa shape index (κ3) is 3.19. The zero-order valence-corrected chi connectivity index (χ0v) is 13.8. The maximum absolute atomic E-state index is 6.33. The van der Waals surface area contributed by atoms with Gasteiger partial charge in [0.15, 0.2) is 0 Å². The maximum atomic E-state index is 6.33. The molecule has 2 aromatic rings. The first-order valence-electron chi connectivity index (χ1n) is 8.51. The van der Waals surface area contributed by atoms with Crippen molar-refractivity contribution in [1.82, 2.24) is 0 Å². The van der Waals surface area contributed by atoms with Gasteiger partial charge in [-0.1, -0.05) is 43.2 Å². The molecule has 2 aromatic carbocycles. The van der Waals surface area contributed by atoms with E-state index in [1.165, 1.54) is 60.4 Å². The largest absolute Gasteiger partial charge is 0.490 e. The Labute approximate surface area is 134 Å². The smallest absolute Gasteiger partial charge is 0.123 e. The number of rotatable bonds is 3. The Morgan fingerprint density at radius 3 is 2.45 bits per heavy atom. The SMILES string of the molecule is C=C(C)c1ccc2c(C)c(OC3CCCCCC3)ccc2c1. The number of hydrogen-bond donors (Lipinski definition) is 0. The number of allylic oxidation sites excluding steroid dienone is 1. The van der Waals surface area contributed by atoms with Crippen LogP contribution in [-0.2, 0) is 0 Å². The molecule has 0 radical (unpaired) electrons. The van der Waals surface area contributed by atoms with Crippen LogP contribution >= 0.6 is 0 Å². The monoisotopic (exact) mass is 294 g/mol. The lowest BCUT2D eigenvalue weighted by Crippen LogP contribution is -2.15. The lowest BCUT2D eigenvalue weighted by atomic mass is 9.99. The van der Waals surface area contributed by atoms with Gasteiger partial charge in [-0.3, -0.25) is 0 Å². The lowest BCUT2D eigenvalue weighted by molar-refractivity contribution is 0.183. The van der Waals surface area contributed by atoms with Gasteiger partial charge < -0.3 is 4.74 Å². The summed E-state index contributed by atoms with van der Waals surface area (Å²) in [7, 11) is 0. The quantitative estimate of drug-likeness (QED) is 0.605. The van der Waals surface area contributed by atoms with E-state index in [4.69, 9.17) is 4.74 Å². The number of hydrogen-bond acceptors (Lipinski definition) is 1. The number of benzene rings is 2. The van der Waals surface area contributed by atoms with Crippen molar-refractivity contribution in [2.24, 2.45) is 0 Å². The van der Waals surface area contributed by atoms with Crippen LogP contribution in [0.2, 0.25) is 0 Å². The Kier molecular flexibility index (Phi) is 4.52. The van der Waals surface area contributed by atoms with Gasteiger partial charge in [-0.05, 0) is 73.6 Å². The van der Waals surface area contributed by atoms with Crippen LogP contribution in [0.25, 0.3) is 16.3 Å². The third-order valence-electron chi connectivity index (χ3n) is 4.83. The molecule has 0 amide bonds. The van der Waals surface area contributed by atoms with Gasteiger partial charge in [-0.2, -0.15) is 0 Å². The van der Waals surface area contributed by atoms with Crippen LogP contribution in [0.4, 0.5) is 0 Å². The highest BCUT2D eigenvalue weighted by Crippen LogP contribution is 2.31. The fourth-order valence-electron chi connectivity index (χ4n) is 3.40. The summed E-state index contributed by atoms with van der Waals surface area (Å²) in [5, 5.41) is 2.56. The molecule has 0 bridgehead atoms. The van der Waals surface area contributed by atoms with Gasteiger partial charge in [0, 0.05) is 0 Å². The maximum Gasteiger partial charge on any atom is 0.123 e. The molecule has 1 aliphatic carbocycles. The van der Waals surface area contributed by atoms with Crippen LogP contribution in [0.1, 0.15) is 56.6 Å². The van der Waals surface area contributed by atoms with Crippen molar-refractivity contribution in [2.45, 2.75) is 58.5 Å². The molecular weight excluding hydrogens is 268 g/mol. The summed E-state index contributed by atoms with van der Waals surface area (Å²) < 4.78 is 6.33. The standard InChI is InChI=1S/C21H26O/c1-15(2)17-10-12-20-16(3)21(13-11-18(20)14-17)22-19-8-6-4-5-7-9-19/h10-14,19H,1,4-9H2,2-3H3. The Balaban J connectivity index is 1.89. The molecule has 1 aliphatic rings.